The quantitative estimate of drug-likeness (QED) is 0.0530. The summed E-state index contributed by atoms with van der Waals surface area (Å²) in [4.78, 5) is 49.2. The molecule has 18 heteroatoms. The Morgan fingerprint density at radius 1 is 0.691 bits per heavy atom. The molecule has 0 bridgehead atoms. The lowest BCUT2D eigenvalue weighted by molar-refractivity contribution is -0.157. The van der Waals surface area contributed by atoms with Gasteiger partial charge in [0.1, 0.15) is 23.0 Å². The van der Waals surface area contributed by atoms with Crippen molar-refractivity contribution in [3.8, 4) is 11.5 Å². The smallest absolute Gasteiger partial charge is 0.407 e. The van der Waals surface area contributed by atoms with Gasteiger partial charge in [-0.2, -0.15) is 8.78 Å². The van der Waals surface area contributed by atoms with Crippen LogP contribution < -0.4 is 20.1 Å². The maximum atomic E-state index is 14.3. The molecule has 2 N–H and O–H groups in total. The van der Waals surface area contributed by atoms with Crippen LogP contribution >= 0.6 is 0 Å². The molecule has 0 heterocycles. The lowest BCUT2D eigenvalue weighted by Crippen LogP contribution is -2.45. The van der Waals surface area contributed by atoms with Crippen molar-refractivity contribution in [1.82, 2.24) is 10.6 Å². The zero-order valence-electron chi connectivity index (χ0n) is 31.9. The molecule has 2 rings (SSSR count). The second kappa shape index (κ2) is 23.4. The summed E-state index contributed by atoms with van der Waals surface area (Å²) in [5.41, 5.74) is -0.873. The predicted molar refractivity (Wildman–Crippen MR) is 187 cm³/mol. The molecule has 2 aromatic carbocycles. The van der Waals surface area contributed by atoms with Crippen LogP contribution in [0.4, 0.5) is 22.4 Å². The lowest BCUT2D eigenvalue weighted by Gasteiger charge is -2.20. The SMILES string of the molecule is CC(C)(C)OC(=O)COc1ccc(CC(NC(=O)CCOCCOCCOCCOCCNC(=O)OC(C)(C)C)C(=O)Oc2c(F)c(F)cc(F)c2F)cc1. The first-order valence-corrected chi connectivity index (χ1v) is 17.4. The van der Waals surface area contributed by atoms with Gasteiger partial charge in [0.25, 0.3) is 0 Å². The zero-order valence-corrected chi connectivity index (χ0v) is 31.9. The number of alkyl carbamates (subject to hydrolysis) is 1. The van der Waals surface area contributed by atoms with Crippen molar-refractivity contribution in [2.75, 3.05) is 66.0 Å². The molecular weight excluding hydrogens is 740 g/mol. The zero-order chi connectivity index (χ0) is 41.0. The predicted octanol–water partition coefficient (Wildman–Crippen LogP) is 4.58. The van der Waals surface area contributed by atoms with Gasteiger partial charge in [0.2, 0.25) is 23.3 Å². The van der Waals surface area contributed by atoms with E-state index in [2.05, 4.69) is 10.6 Å². The Bertz CT molecular complexity index is 1510. The second-order valence-corrected chi connectivity index (χ2v) is 13.7. The molecule has 308 valence electrons. The standard InChI is InChI=1S/C37H50F4N2O12/c1-36(2,3)54-30(45)23-52-25-9-7-24(8-10-25)21-28(34(46)53-33-31(40)26(38)22-27(39)32(33)41)43-29(44)11-13-48-15-17-50-19-20-51-18-16-49-14-12-42-35(47)55-37(4,5)6/h7-10,22,28H,11-21,23H2,1-6H3,(H,42,47)(H,43,44). The Balaban J connectivity index is 1.77. The second-order valence-electron chi connectivity index (χ2n) is 13.7. The molecule has 0 spiro atoms. The fourth-order valence-electron chi connectivity index (χ4n) is 4.21. The summed E-state index contributed by atoms with van der Waals surface area (Å²) in [6.45, 7) is 12.0. The maximum absolute atomic E-state index is 14.3. The monoisotopic (exact) mass is 790 g/mol. The van der Waals surface area contributed by atoms with E-state index in [-0.39, 0.29) is 64.3 Å². The van der Waals surface area contributed by atoms with Crippen molar-refractivity contribution in [2.24, 2.45) is 0 Å². The van der Waals surface area contributed by atoms with Gasteiger partial charge in [0.15, 0.2) is 18.2 Å². The van der Waals surface area contributed by atoms with Crippen molar-refractivity contribution in [3.63, 3.8) is 0 Å². The number of halogens is 4. The van der Waals surface area contributed by atoms with E-state index in [1.54, 1.807) is 41.5 Å². The number of hydrogen-bond donors (Lipinski definition) is 2. The van der Waals surface area contributed by atoms with Gasteiger partial charge < -0.3 is 48.5 Å². The van der Waals surface area contributed by atoms with E-state index >= 15 is 0 Å². The molecule has 0 aromatic heterocycles. The molecule has 0 radical (unpaired) electrons. The first-order valence-electron chi connectivity index (χ1n) is 17.4. The molecular formula is C37H50F4N2O12. The van der Waals surface area contributed by atoms with Crippen molar-refractivity contribution in [2.45, 2.75) is 71.6 Å². The number of carbonyl (C=O) groups excluding carboxylic acids is 4. The first kappa shape index (κ1) is 46.6. The number of hydrogen-bond acceptors (Lipinski definition) is 12. The highest BCUT2D eigenvalue weighted by Crippen LogP contribution is 2.27. The third-order valence-electron chi connectivity index (χ3n) is 6.54. The third kappa shape index (κ3) is 20.1. The minimum atomic E-state index is -1.93. The average Bonchev–Trinajstić information content (AvgIpc) is 3.08. The normalized spacial score (nSPS) is 12.1. The van der Waals surface area contributed by atoms with Crippen molar-refractivity contribution in [1.29, 1.82) is 0 Å². The highest BCUT2D eigenvalue weighted by Gasteiger charge is 2.29. The van der Waals surface area contributed by atoms with Crippen molar-refractivity contribution < 1.29 is 74.6 Å². The van der Waals surface area contributed by atoms with Crippen LogP contribution in [0.15, 0.2) is 30.3 Å². The van der Waals surface area contributed by atoms with Crippen LogP contribution in [0.2, 0.25) is 0 Å². The van der Waals surface area contributed by atoms with Crippen LogP contribution in [0, 0.1) is 23.3 Å². The number of esters is 2. The topological polar surface area (TPSA) is 166 Å². The molecule has 0 aliphatic rings. The summed E-state index contributed by atoms with van der Waals surface area (Å²) >= 11 is 0. The molecule has 0 fully saturated rings. The summed E-state index contributed by atoms with van der Waals surface area (Å²) in [5.74, 6) is -11.5. The molecule has 0 saturated carbocycles. The van der Waals surface area contributed by atoms with E-state index in [0.717, 1.165) is 0 Å². The van der Waals surface area contributed by atoms with Crippen LogP contribution in [-0.2, 0) is 49.2 Å². The maximum Gasteiger partial charge on any atom is 0.407 e. The minimum absolute atomic E-state index is 0.0391. The fraction of sp³-hybridized carbons (Fsp3) is 0.568. The van der Waals surface area contributed by atoms with E-state index in [4.69, 9.17) is 37.9 Å². The van der Waals surface area contributed by atoms with Gasteiger partial charge in [-0.25, -0.2) is 23.2 Å². The molecule has 0 aliphatic heterocycles. The van der Waals surface area contributed by atoms with Crippen LogP contribution in [0.5, 0.6) is 11.5 Å². The molecule has 2 amide bonds. The van der Waals surface area contributed by atoms with E-state index in [1.807, 2.05) is 0 Å². The van der Waals surface area contributed by atoms with E-state index in [9.17, 15) is 36.7 Å². The third-order valence-corrected chi connectivity index (χ3v) is 6.54. The van der Waals surface area contributed by atoms with Crippen LogP contribution in [0.1, 0.15) is 53.5 Å². The Hall–Kier alpha value is -4.52. The molecule has 1 unspecified atom stereocenters. The lowest BCUT2D eigenvalue weighted by atomic mass is 10.1. The van der Waals surface area contributed by atoms with Gasteiger partial charge in [-0.05, 0) is 59.2 Å². The summed E-state index contributed by atoms with van der Waals surface area (Å²) in [5, 5.41) is 4.96. The highest BCUT2D eigenvalue weighted by atomic mass is 19.2. The average molecular weight is 791 g/mol. The van der Waals surface area contributed by atoms with E-state index < -0.39 is 70.2 Å². The van der Waals surface area contributed by atoms with Gasteiger partial charge in [-0.3, -0.25) is 4.79 Å². The Labute approximate surface area is 317 Å². The van der Waals surface area contributed by atoms with Crippen LogP contribution in [-0.4, -0.2) is 107 Å². The summed E-state index contributed by atoms with van der Waals surface area (Å²) in [6, 6.07) is 4.33. The van der Waals surface area contributed by atoms with Gasteiger partial charge in [0.05, 0.1) is 52.9 Å². The number of nitrogens with one attached hydrogen (secondary N) is 2. The van der Waals surface area contributed by atoms with Crippen molar-refractivity contribution >= 4 is 23.9 Å². The Morgan fingerprint density at radius 2 is 1.20 bits per heavy atom. The van der Waals surface area contributed by atoms with Gasteiger partial charge in [-0.1, -0.05) is 12.1 Å². The number of amides is 2. The number of benzene rings is 2. The molecule has 1 atom stereocenters. The molecule has 2 aromatic rings. The summed E-state index contributed by atoms with van der Waals surface area (Å²) in [7, 11) is 0. The summed E-state index contributed by atoms with van der Waals surface area (Å²) in [6.07, 6.45) is -1.04. The first-order chi connectivity index (χ1) is 25.8. The van der Waals surface area contributed by atoms with Crippen LogP contribution in [0.25, 0.3) is 0 Å². The summed E-state index contributed by atoms with van der Waals surface area (Å²) < 4.78 is 98.0. The molecule has 0 aliphatic carbocycles. The highest BCUT2D eigenvalue weighted by molar-refractivity contribution is 5.86. The number of carbonyl (C=O) groups is 4. The minimum Gasteiger partial charge on any atom is -0.482 e. The number of rotatable bonds is 23. The van der Waals surface area contributed by atoms with E-state index in [0.29, 0.717) is 31.9 Å². The van der Waals surface area contributed by atoms with Gasteiger partial charge in [-0.15, -0.1) is 0 Å². The Morgan fingerprint density at radius 3 is 1.73 bits per heavy atom. The fourth-order valence-corrected chi connectivity index (χ4v) is 4.21. The van der Waals surface area contributed by atoms with E-state index in [1.165, 1.54) is 24.3 Å². The van der Waals surface area contributed by atoms with Gasteiger partial charge >= 0.3 is 18.0 Å². The Kier molecular flexibility index (Phi) is 19.9. The molecule has 14 nitrogen and oxygen atoms in total. The van der Waals surface area contributed by atoms with Crippen LogP contribution in [0.3, 0.4) is 0 Å². The molecule has 0 saturated heterocycles. The van der Waals surface area contributed by atoms with Crippen molar-refractivity contribution in [3.05, 3.63) is 59.2 Å². The van der Waals surface area contributed by atoms with Gasteiger partial charge in [0, 0.05) is 25.5 Å². The largest absolute Gasteiger partial charge is 0.482 e. The number of ether oxygens (including phenoxy) is 8. The molecule has 55 heavy (non-hydrogen) atoms.